The van der Waals surface area contributed by atoms with Crippen LogP contribution in [-0.2, 0) is 5.41 Å². The van der Waals surface area contributed by atoms with Gasteiger partial charge in [-0.25, -0.2) is 0 Å². The van der Waals surface area contributed by atoms with Gasteiger partial charge in [0.1, 0.15) is 0 Å². The molecule has 0 heterocycles. The molecule has 4 bridgehead atoms. The Bertz CT molecular complexity index is 486. The summed E-state index contributed by atoms with van der Waals surface area (Å²) in [5, 5.41) is 0. The van der Waals surface area contributed by atoms with Gasteiger partial charge in [-0.3, -0.25) is 0 Å². The number of anilines is 1. The van der Waals surface area contributed by atoms with E-state index < -0.39 is 0 Å². The van der Waals surface area contributed by atoms with E-state index in [1.807, 2.05) is 0 Å². The first-order chi connectivity index (χ1) is 9.13. The number of nitrogen functional groups attached to an aromatic ring is 1. The Balaban J connectivity index is 0.000000807. The van der Waals surface area contributed by atoms with E-state index in [4.69, 9.17) is 11.5 Å². The number of halogens is 2. The summed E-state index contributed by atoms with van der Waals surface area (Å²) in [6, 6.07) is 8.69. The maximum Gasteiger partial charge on any atom is 0.0314 e. The second kappa shape index (κ2) is 5.64. The topological polar surface area (TPSA) is 52.0 Å². The second-order valence-corrected chi connectivity index (χ2v) is 7.57. The summed E-state index contributed by atoms with van der Waals surface area (Å²) >= 11 is 0. The molecule has 118 valence electrons. The lowest BCUT2D eigenvalue weighted by Crippen LogP contribution is -2.56. The maximum atomic E-state index is 6.17. The van der Waals surface area contributed by atoms with Crippen LogP contribution >= 0.6 is 24.8 Å². The lowest BCUT2D eigenvalue weighted by atomic mass is 9.43. The van der Waals surface area contributed by atoms with Crippen LogP contribution in [0.3, 0.4) is 0 Å². The summed E-state index contributed by atoms with van der Waals surface area (Å²) in [5.74, 6) is 1.84. The van der Waals surface area contributed by atoms with Crippen molar-refractivity contribution in [2.75, 3.05) is 12.3 Å². The number of hydrogen-bond acceptors (Lipinski definition) is 2. The van der Waals surface area contributed by atoms with Crippen LogP contribution in [0.25, 0.3) is 0 Å². The second-order valence-electron chi connectivity index (χ2n) is 7.57. The fraction of sp³-hybridized carbons (Fsp3) is 0.647. The number of hydrogen-bond donors (Lipinski definition) is 2. The molecule has 2 unspecified atom stereocenters. The summed E-state index contributed by atoms with van der Waals surface area (Å²) in [6.07, 6.45) is 8.31. The first kappa shape index (κ1) is 16.9. The van der Waals surface area contributed by atoms with E-state index in [-0.39, 0.29) is 24.8 Å². The van der Waals surface area contributed by atoms with Gasteiger partial charge >= 0.3 is 0 Å². The summed E-state index contributed by atoms with van der Waals surface area (Å²) in [4.78, 5) is 0. The van der Waals surface area contributed by atoms with Crippen LogP contribution in [0.1, 0.15) is 44.1 Å². The smallest absolute Gasteiger partial charge is 0.0314 e. The first-order valence-corrected chi connectivity index (χ1v) is 7.69. The molecule has 0 radical (unpaired) electrons. The normalized spacial score (nSPS) is 39.5. The third-order valence-corrected chi connectivity index (χ3v) is 6.14. The van der Waals surface area contributed by atoms with Crippen LogP contribution < -0.4 is 11.5 Å². The number of rotatable bonds is 2. The van der Waals surface area contributed by atoms with Gasteiger partial charge in [-0.2, -0.15) is 0 Å². The van der Waals surface area contributed by atoms with Crippen molar-refractivity contribution >= 4 is 30.5 Å². The lowest BCUT2D eigenvalue weighted by molar-refractivity contribution is -0.0666. The standard InChI is InChI=1S/C17H24N2.2ClH/c18-11-16-6-12-5-13(7-16)9-17(8-12,10-16)14-1-3-15(19)4-2-14;;/h1-4,12-13H,5-11,18-19H2;2*1H. The minimum atomic E-state index is 0. The zero-order valence-electron chi connectivity index (χ0n) is 12.4. The van der Waals surface area contributed by atoms with Gasteiger partial charge in [0.25, 0.3) is 0 Å². The van der Waals surface area contributed by atoms with Gasteiger partial charge < -0.3 is 11.5 Å². The van der Waals surface area contributed by atoms with E-state index in [1.54, 1.807) is 0 Å². The highest BCUT2D eigenvalue weighted by Crippen LogP contribution is 2.65. The Morgan fingerprint density at radius 3 is 2.05 bits per heavy atom. The molecular weight excluding hydrogens is 303 g/mol. The molecule has 4 aliphatic carbocycles. The first-order valence-electron chi connectivity index (χ1n) is 7.69. The average Bonchev–Trinajstić information content (AvgIpc) is 2.38. The minimum Gasteiger partial charge on any atom is -0.399 e. The molecule has 0 aromatic heterocycles. The van der Waals surface area contributed by atoms with Crippen LogP contribution in [0, 0.1) is 17.3 Å². The van der Waals surface area contributed by atoms with Gasteiger partial charge in [-0.05, 0) is 85.4 Å². The molecule has 1 aromatic carbocycles. The van der Waals surface area contributed by atoms with E-state index in [9.17, 15) is 0 Å². The molecule has 0 spiro atoms. The maximum absolute atomic E-state index is 6.17. The number of benzene rings is 1. The van der Waals surface area contributed by atoms with Crippen molar-refractivity contribution in [1.82, 2.24) is 0 Å². The fourth-order valence-electron chi connectivity index (χ4n) is 5.87. The molecule has 4 heteroatoms. The van der Waals surface area contributed by atoms with E-state index in [0.717, 1.165) is 24.1 Å². The summed E-state index contributed by atoms with van der Waals surface area (Å²) in [5.41, 5.74) is 15.3. The lowest BCUT2D eigenvalue weighted by Gasteiger charge is -2.62. The van der Waals surface area contributed by atoms with Crippen molar-refractivity contribution in [3.8, 4) is 0 Å². The third kappa shape index (κ3) is 2.56. The van der Waals surface area contributed by atoms with Crippen molar-refractivity contribution in [3.05, 3.63) is 29.8 Å². The molecule has 4 aliphatic rings. The molecule has 4 N–H and O–H groups in total. The van der Waals surface area contributed by atoms with Crippen molar-refractivity contribution in [2.24, 2.45) is 23.0 Å². The Labute approximate surface area is 139 Å². The number of nitrogens with two attached hydrogens (primary N) is 2. The molecule has 5 rings (SSSR count). The van der Waals surface area contributed by atoms with Crippen molar-refractivity contribution in [2.45, 2.75) is 43.9 Å². The Morgan fingerprint density at radius 2 is 1.52 bits per heavy atom. The molecule has 4 saturated carbocycles. The zero-order valence-corrected chi connectivity index (χ0v) is 14.0. The molecular formula is C17H26Cl2N2. The van der Waals surface area contributed by atoms with E-state index >= 15 is 0 Å². The summed E-state index contributed by atoms with van der Waals surface area (Å²) in [7, 11) is 0. The van der Waals surface area contributed by atoms with Crippen LogP contribution in [0.2, 0.25) is 0 Å². The monoisotopic (exact) mass is 328 g/mol. The Morgan fingerprint density at radius 1 is 0.952 bits per heavy atom. The molecule has 1 aromatic rings. The molecule has 0 saturated heterocycles. The third-order valence-electron chi connectivity index (χ3n) is 6.14. The van der Waals surface area contributed by atoms with Gasteiger partial charge in [-0.15, -0.1) is 24.8 Å². The van der Waals surface area contributed by atoms with Gasteiger partial charge in [0, 0.05) is 5.69 Å². The highest BCUT2D eigenvalue weighted by molar-refractivity contribution is 5.85. The van der Waals surface area contributed by atoms with Gasteiger partial charge in [-0.1, -0.05) is 12.1 Å². The van der Waals surface area contributed by atoms with Crippen molar-refractivity contribution < 1.29 is 0 Å². The zero-order chi connectivity index (χ0) is 13.1. The Kier molecular flexibility index (Phi) is 4.55. The van der Waals surface area contributed by atoms with Crippen LogP contribution in [-0.4, -0.2) is 6.54 Å². The van der Waals surface area contributed by atoms with Gasteiger partial charge in [0.15, 0.2) is 0 Å². The molecule has 21 heavy (non-hydrogen) atoms. The predicted molar refractivity (Wildman–Crippen MR) is 93.2 cm³/mol. The SMILES string of the molecule is Cl.Cl.NCC12CC3CC(C1)CC(c1ccc(N)cc1)(C3)C2. The fourth-order valence-corrected chi connectivity index (χ4v) is 5.87. The summed E-state index contributed by atoms with van der Waals surface area (Å²) < 4.78 is 0. The largest absolute Gasteiger partial charge is 0.399 e. The quantitative estimate of drug-likeness (QED) is 0.808. The van der Waals surface area contributed by atoms with Crippen LogP contribution in [0.5, 0.6) is 0 Å². The van der Waals surface area contributed by atoms with Crippen LogP contribution in [0.4, 0.5) is 5.69 Å². The molecule has 2 atom stereocenters. The highest BCUT2D eigenvalue weighted by Gasteiger charge is 2.57. The molecule has 2 nitrogen and oxygen atoms in total. The van der Waals surface area contributed by atoms with E-state index in [0.29, 0.717) is 10.8 Å². The highest BCUT2D eigenvalue weighted by atomic mass is 35.5. The van der Waals surface area contributed by atoms with Crippen LogP contribution in [0.15, 0.2) is 24.3 Å². The summed E-state index contributed by atoms with van der Waals surface area (Å²) in [6.45, 7) is 0.886. The molecule has 0 amide bonds. The van der Waals surface area contributed by atoms with Crippen molar-refractivity contribution in [3.63, 3.8) is 0 Å². The van der Waals surface area contributed by atoms with E-state index in [2.05, 4.69) is 24.3 Å². The molecule has 4 fully saturated rings. The van der Waals surface area contributed by atoms with Crippen molar-refractivity contribution in [1.29, 1.82) is 0 Å². The minimum absolute atomic E-state index is 0. The average molecular weight is 329 g/mol. The Hall–Kier alpha value is -0.440. The molecule has 0 aliphatic heterocycles. The predicted octanol–water partition coefficient (Wildman–Crippen LogP) is 3.91. The van der Waals surface area contributed by atoms with E-state index in [1.165, 1.54) is 44.1 Å². The van der Waals surface area contributed by atoms with Gasteiger partial charge in [0.05, 0.1) is 0 Å². The van der Waals surface area contributed by atoms with Gasteiger partial charge in [0.2, 0.25) is 0 Å².